The van der Waals surface area contributed by atoms with Crippen LogP contribution in [0.25, 0.3) is 0 Å². The summed E-state index contributed by atoms with van der Waals surface area (Å²) in [5, 5.41) is 5.49. The van der Waals surface area contributed by atoms with E-state index in [1.165, 1.54) is 5.56 Å². The van der Waals surface area contributed by atoms with Gasteiger partial charge in [0.15, 0.2) is 0 Å². The molecule has 25 heavy (non-hydrogen) atoms. The van der Waals surface area contributed by atoms with Gasteiger partial charge in [-0.2, -0.15) is 0 Å². The van der Waals surface area contributed by atoms with Gasteiger partial charge in [0.25, 0.3) is 5.91 Å². The Hall–Kier alpha value is -2.37. The van der Waals surface area contributed by atoms with Gasteiger partial charge < -0.3 is 10.6 Å². The Morgan fingerprint density at radius 1 is 1.24 bits per heavy atom. The van der Waals surface area contributed by atoms with Crippen LogP contribution in [0, 0.1) is 5.92 Å². The third-order valence-electron chi connectivity index (χ3n) is 4.27. The molecule has 1 saturated heterocycles. The fraction of sp³-hybridized carbons (Fsp3) is 0.526. The summed E-state index contributed by atoms with van der Waals surface area (Å²) in [5.41, 5.74) is 0.300. The normalized spacial score (nSPS) is 20.1. The van der Waals surface area contributed by atoms with E-state index < -0.39 is 11.6 Å². The van der Waals surface area contributed by atoms with E-state index in [9.17, 15) is 14.4 Å². The highest BCUT2D eigenvalue weighted by Gasteiger charge is 2.48. The first kappa shape index (κ1) is 19.0. The number of nitrogens with zero attached hydrogens (tertiary/aromatic N) is 1. The molecule has 0 bridgehead atoms. The molecule has 1 heterocycles. The number of benzene rings is 1. The van der Waals surface area contributed by atoms with E-state index in [2.05, 4.69) is 10.6 Å². The van der Waals surface area contributed by atoms with Crippen LogP contribution in [0.3, 0.4) is 0 Å². The summed E-state index contributed by atoms with van der Waals surface area (Å²) < 4.78 is 0. The predicted molar refractivity (Wildman–Crippen MR) is 95.9 cm³/mol. The number of hydrogen-bond acceptors (Lipinski definition) is 3. The summed E-state index contributed by atoms with van der Waals surface area (Å²) >= 11 is 0. The molecule has 4 amide bonds. The van der Waals surface area contributed by atoms with Crippen molar-refractivity contribution in [1.29, 1.82) is 0 Å². The zero-order valence-electron chi connectivity index (χ0n) is 15.2. The third-order valence-corrected chi connectivity index (χ3v) is 4.27. The molecule has 2 rings (SSSR count). The fourth-order valence-corrected chi connectivity index (χ4v) is 3.21. The van der Waals surface area contributed by atoms with Crippen molar-refractivity contribution in [2.45, 2.75) is 45.6 Å². The van der Waals surface area contributed by atoms with Crippen molar-refractivity contribution in [3.63, 3.8) is 0 Å². The second-order valence-corrected chi connectivity index (χ2v) is 7.19. The average Bonchev–Trinajstić information content (AvgIpc) is 2.75. The molecule has 1 fully saturated rings. The molecule has 1 aromatic carbocycles. The molecule has 0 radical (unpaired) electrons. The lowest BCUT2D eigenvalue weighted by molar-refractivity contribution is -0.135. The first-order valence-electron chi connectivity index (χ1n) is 8.76. The Labute approximate surface area is 149 Å². The lowest BCUT2D eigenvalue weighted by Gasteiger charge is -2.23. The summed E-state index contributed by atoms with van der Waals surface area (Å²) in [5.74, 6) is -0.378. The maximum Gasteiger partial charge on any atom is 0.325 e. The minimum atomic E-state index is -0.918. The smallest absolute Gasteiger partial charge is 0.325 e. The van der Waals surface area contributed by atoms with E-state index in [1.807, 2.05) is 44.2 Å². The number of amides is 4. The Balaban J connectivity index is 1.78. The van der Waals surface area contributed by atoms with E-state index in [-0.39, 0.29) is 24.3 Å². The van der Waals surface area contributed by atoms with E-state index in [0.717, 1.165) is 17.7 Å². The van der Waals surface area contributed by atoms with E-state index in [0.29, 0.717) is 13.0 Å². The maximum atomic E-state index is 12.5. The quantitative estimate of drug-likeness (QED) is 0.559. The van der Waals surface area contributed by atoms with Crippen LogP contribution >= 0.6 is 0 Å². The first-order valence-corrected chi connectivity index (χ1v) is 8.76. The zero-order valence-corrected chi connectivity index (χ0v) is 15.2. The van der Waals surface area contributed by atoms with E-state index in [1.54, 1.807) is 6.92 Å². The number of carbonyl (C=O) groups excluding carboxylic acids is 3. The molecular formula is C19H27N3O3. The third kappa shape index (κ3) is 5.05. The van der Waals surface area contributed by atoms with Crippen LogP contribution in [-0.4, -0.2) is 41.4 Å². The molecule has 0 saturated carbocycles. The van der Waals surface area contributed by atoms with Gasteiger partial charge in [0, 0.05) is 6.54 Å². The summed E-state index contributed by atoms with van der Waals surface area (Å²) in [6.07, 6.45) is 2.23. The molecule has 0 aromatic heterocycles. The van der Waals surface area contributed by atoms with Crippen molar-refractivity contribution in [2.24, 2.45) is 5.92 Å². The largest absolute Gasteiger partial charge is 0.355 e. The number of urea groups is 1. The minimum Gasteiger partial charge on any atom is -0.355 e. The van der Waals surface area contributed by atoms with Crippen LogP contribution in [0.1, 0.15) is 39.2 Å². The molecule has 0 aliphatic carbocycles. The molecule has 6 nitrogen and oxygen atoms in total. The highest BCUT2D eigenvalue weighted by molar-refractivity contribution is 6.08. The number of aryl methyl sites for hydroxylation is 1. The molecule has 1 aromatic rings. The van der Waals surface area contributed by atoms with Crippen molar-refractivity contribution < 1.29 is 14.4 Å². The summed E-state index contributed by atoms with van der Waals surface area (Å²) in [6, 6.07) is 9.54. The Bertz CT molecular complexity index is 630. The van der Waals surface area contributed by atoms with Crippen LogP contribution < -0.4 is 10.6 Å². The second-order valence-electron chi connectivity index (χ2n) is 7.19. The molecule has 1 aliphatic heterocycles. The van der Waals surface area contributed by atoms with Crippen LogP contribution in [0.4, 0.5) is 4.79 Å². The highest BCUT2D eigenvalue weighted by atomic mass is 16.2. The van der Waals surface area contributed by atoms with Gasteiger partial charge in [-0.05, 0) is 37.7 Å². The topological polar surface area (TPSA) is 78.5 Å². The standard InChI is InChI=1S/C19H27N3O3/c1-14(2)12-19(3)17(24)22(18(25)21-19)13-16(23)20-11-7-10-15-8-5-4-6-9-15/h4-6,8-9,14H,7,10-13H2,1-3H3,(H,20,23)(H,21,25). The second kappa shape index (κ2) is 8.14. The number of rotatable bonds is 8. The molecule has 1 atom stereocenters. The Kier molecular flexibility index (Phi) is 6.17. The van der Waals surface area contributed by atoms with Crippen LogP contribution in [0.5, 0.6) is 0 Å². The van der Waals surface area contributed by atoms with Crippen molar-refractivity contribution in [3.8, 4) is 0 Å². The number of hydrogen-bond donors (Lipinski definition) is 2. The lowest BCUT2D eigenvalue weighted by Crippen LogP contribution is -2.46. The summed E-state index contributed by atoms with van der Waals surface area (Å²) in [4.78, 5) is 37.6. The molecular weight excluding hydrogens is 318 g/mol. The Morgan fingerprint density at radius 2 is 1.92 bits per heavy atom. The van der Waals surface area contributed by atoms with Gasteiger partial charge in [-0.25, -0.2) is 4.79 Å². The predicted octanol–water partition coefficient (Wildman–Crippen LogP) is 2.09. The van der Waals surface area contributed by atoms with Gasteiger partial charge in [0.2, 0.25) is 5.91 Å². The van der Waals surface area contributed by atoms with Crippen molar-refractivity contribution >= 4 is 17.8 Å². The van der Waals surface area contributed by atoms with Crippen LogP contribution in [-0.2, 0) is 16.0 Å². The van der Waals surface area contributed by atoms with Gasteiger partial charge in [0.1, 0.15) is 12.1 Å². The summed E-state index contributed by atoms with van der Waals surface area (Å²) in [7, 11) is 0. The minimum absolute atomic E-state index is 0.232. The van der Waals surface area contributed by atoms with Gasteiger partial charge in [-0.1, -0.05) is 44.2 Å². The van der Waals surface area contributed by atoms with Gasteiger partial charge in [-0.15, -0.1) is 0 Å². The van der Waals surface area contributed by atoms with Gasteiger partial charge in [0.05, 0.1) is 0 Å². The summed E-state index contributed by atoms with van der Waals surface area (Å²) in [6.45, 7) is 5.98. The monoisotopic (exact) mass is 345 g/mol. The molecule has 1 unspecified atom stereocenters. The van der Waals surface area contributed by atoms with E-state index >= 15 is 0 Å². The van der Waals surface area contributed by atoms with Crippen molar-refractivity contribution in [1.82, 2.24) is 15.5 Å². The molecule has 136 valence electrons. The molecule has 1 aliphatic rings. The lowest BCUT2D eigenvalue weighted by atomic mass is 9.91. The first-order chi connectivity index (χ1) is 11.8. The number of carbonyl (C=O) groups is 3. The van der Waals surface area contributed by atoms with Gasteiger partial charge in [-0.3, -0.25) is 14.5 Å². The van der Waals surface area contributed by atoms with E-state index in [4.69, 9.17) is 0 Å². The maximum absolute atomic E-state index is 12.5. The van der Waals surface area contributed by atoms with Gasteiger partial charge >= 0.3 is 6.03 Å². The van der Waals surface area contributed by atoms with Crippen molar-refractivity contribution in [3.05, 3.63) is 35.9 Å². The van der Waals surface area contributed by atoms with Crippen molar-refractivity contribution in [2.75, 3.05) is 13.1 Å². The Morgan fingerprint density at radius 3 is 2.56 bits per heavy atom. The van der Waals surface area contributed by atoms with Crippen LogP contribution in [0.2, 0.25) is 0 Å². The van der Waals surface area contributed by atoms with Crippen LogP contribution in [0.15, 0.2) is 30.3 Å². The molecule has 0 spiro atoms. The number of imide groups is 1. The fourth-order valence-electron chi connectivity index (χ4n) is 3.21. The SMILES string of the molecule is CC(C)CC1(C)NC(=O)N(CC(=O)NCCCc2ccccc2)C1=O. The molecule has 2 N–H and O–H groups in total. The number of nitrogens with one attached hydrogen (secondary N) is 2. The highest BCUT2D eigenvalue weighted by Crippen LogP contribution is 2.24. The average molecular weight is 345 g/mol. The molecule has 6 heteroatoms. The zero-order chi connectivity index (χ0) is 18.4.